The van der Waals surface area contributed by atoms with E-state index in [1.807, 2.05) is 13.1 Å². The molecule has 12 nitrogen and oxygen atoms in total. The second kappa shape index (κ2) is 12.7. The minimum absolute atomic E-state index is 0.00778. The van der Waals surface area contributed by atoms with Gasteiger partial charge in [-0.3, -0.25) is 14.6 Å². The number of amides is 2. The molecule has 2 amide bonds. The minimum atomic E-state index is -1.92. The second-order valence-electron chi connectivity index (χ2n) is 6.24. The van der Waals surface area contributed by atoms with Crippen LogP contribution in [0.25, 0.3) is 5.65 Å². The number of nitrogens with one attached hydrogen (secondary N) is 3. The van der Waals surface area contributed by atoms with Gasteiger partial charge < -0.3 is 24.9 Å². The van der Waals surface area contributed by atoms with Crippen LogP contribution in [0.1, 0.15) is 32.5 Å². The summed E-state index contributed by atoms with van der Waals surface area (Å²) in [5, 5.41) is 8.66. The molecule has 3 N–H and O–H groups in total. The first-order valence-electron chi connectivity index (χ1n) is 9.50. The van der Waals surface area contributed by atoms with E-state index < -0.39 is 18.5 Å². The number of hydrogen-bond acceptors (Lipinski definition) is 8. The third kappa shape index (κ3) is 7.65. The number of nitrogens with zero attached hydrogens (tertiary/aromatic N) is 5. The van der Waals surface area contributed by atoms with E-state index in [0.29, 0.717) is 24.5 Å². The molecule has 1 aliphatic heterocycles. The zero-order chi connectivity index (χ0) is 22.6. The summed E-state index contributed by atoms with van der Waals surface area (Å²) in [5.41, 5.74) is 0.721. The number of hydrogen-bond donors (Lipinski definition) is 3. The summed E-state index contributed by atoms with van der Waals surface area (Å²) in [7, 11) is 0. The van der Waals surface area contributed by atoms with Gasteiger partial charge in [-0.05, 0) is 0 Å². The first kappa shape index (κ1) is 24.3. The molecule has 3 aromatic heterocycles. The van der Waals surface area contributed by atoms with Crippen molar-refractivity contribution in [2.24, 2.45) is 0 Å². The Morgan fingerprint density at radius 3 is 2.32 bits per heavy atom. The van der Waals surface area contributed by atoms with Gasteiger partial charge in [-0.1, -0.05) is 13.8 Å². The summed E-state index contributed by atoms with van der Waals surface area (Å²) >= 11 is -1.92. The molecule has 0 bridgehead atoms. The van der Waals surface area contributed by atoms with Gasteiger partial charge in [-0.25, -0.2) is 9.97 Å². The van der Waals surface area contributed by atoms with Gasteiger partial charge in [-0.15, -0.1) is 0 Å². The predicted octanol–water partition coefficient (Wildman–Crippen LogP) is 1.17. The van der Waals surface area contributed by atoms with Crippen molar-refractivity contribution in [2.75, 3.05) is 17.2 Å². The fourth-order valence-corrected chi connectivity index (χ4v) is 2.61. The average molecular weight is 612 g/mol. The molecule has 0 spiro atoms. The Hall–Kier alpha value is -2.98. The van der Waals surface area contributed by atoms with Crippen molar-refractivity contribution in [3.05, 3.63) is 36.8 Å². The molecule has 31 heavy (non-hydrogen) atoms. The molecular formula is C18H24N8O4Pt. The van der Waals surface area contributed by atoms with E-state index in [1.54, 1.807) is 36.1 Å². The summed E-state index contributed by atoms with van der Waals surface area (Å²) in [6.45, 7) is 6.29. The van der Waals surface area contributed by atoms with Crippen molar-refractivity contribution < 1.29 is 34.9 Å². The Kier molecular flexibility index (Phi) is 9.91. The van der Waals surface area contributed by atoms with Crippen LogP contribution in [0, 0.1) is 0 Å². The molecule has 0 atom stereocenters. The molecule has 0 aromatic carbocycles. The molecule has 4 heterocycles. The first-order valence-corrected chi connectivity index (χ1v) is 11.4. The van der Waals surface area contributed by atoms with Crippen molar-refractivity contribution in [1.29, 1.82) is 0 Å². The molecule has 170 valence electrons. The summed E-state index contributed by atoms with van der Waals surface area (Å²) < 4.78 is 20.8. The molecule has 0 unspecified atom stereocenters. The average Bonchev–Trinajstić information content (AvgIpc) is 3.37. The van der Waals surface area contributed by atoms with E-state index in [1.165, 1.54) is 0 Å². The van der Waals surface area contributed by atoms with Crippen molar-refractivity contribution in [2.45, 2.75) is 39.8 Å². The van der Waals surface area contributed by atoms with Gasteiger partial charge in [-0.2, -0.15) is 0 Å². The molecule has 13 heteroatoms. The Labute approximate surface area is 187 Å². The van der Waals surface area contributed by atoms with E-state index in [4.69, 9.17) is 6.80 Å². The summed E-state index contributed by atoms with van der Waals surface area (Å²) in [6.07, 6.45) is 9.67. The number of anilines is 2. The first-order chi connectivity index (χ1) is 15.0. The van der Waals surface area contributed by atoms with Crippen LogP contribution < -0.4 is 16.0 Å². The molecule has 1 aliphatic rings. The zero-order valence-corrected chi connectivity index (χ0v) is 19.4. The van der Waals surface area contributed by atoms with Crippen LogP contribution in [0.15, 0.2) is 31.0 Å². The fraction of sp³-hybridized carbons (Fsp3) is 0.389. The third-order valence-electron chi connectivity index (χ3n) is 4.11. The number of aromatic nitrogens is 5. The van der Waals surface area contributed by atoms with E-state index >= 15 is 0 Å². The molecule has 0 saturated heterocycles. The number of fused-ring (bicyclic) bond motifs is 2. The Balaban J connectivity index is 0.000000196. The normalized spacial score (nSPS) is 12.1. The molecule has 0 saturated carbocycles. The molecule has 3 aromatic rings. The molecule has 0 aliphatic carbocycles. The predicted molar refractivity (Wildman–Crippen MR) is 106 cm³/mol. The molecule has 4 rings (SSSR count). The Bertz CT molecular complexity index is 1000. The number of rotatable bonds is 4. The fourth-order valence-electron chi connectivity index (χ4n) is 2.61. The van der Waals surface area contributed by atoms with Crippen molar-refractivity contribution in [3.63, 3.8) is 0 Å². The monoisotopic (exact) mass is 611 g/mol. The molecular weight excluding hydrogens is 587 g/mol. The maximum atomic E-state index is 11.1. The van der Waals surface area contributed by atoms with Crippen LogP contribution in [-0.2, 0) is 48.0 Å². The van der Waals surface area contributed by atoms with E-state index in [0.717, 1.165) is 31.1 Å². The molecule has 0 fully saturated rings. The van der Waals surface area contributed by atoms with Gasteiger partial charge in [0.1, 0.15) is 5.82 Å². The van der Waals surface area contributed by atoms with Gasteiger partial charge in [0.25, 0.3) is 0 Å². The number of carbonyl (C=O) groups is 2. The SMILES string of the molecule is CCC(=O)Nc1cn2c(n1)CNCC2.CCC(=O)Nc1cn2ccncc2n1.[O]=[Pt]=[O]. The van der Waals surface area contributed by atoms with Crippen LogP contribution in [0.5, 0.6) is 0 Å². The summed E-state index contributed by atoms with van der Waals surface area (Å²) in [4.78, 5) is 34.6. The van der Waals surface area contributed by atoms with Gasteiger partial charge in [0.15, 0.2) is 17.3 Å². The van der Waals surface area contributed by atoms with E-state index in [9.17, 15) is 9.59 Å². The molecule has 0 radical (unpaired) electrons. The van der Waals surface area contributed by atoms with E-state index in [2.05, 4.69) is 35.5 Å². The van der Waals surface area contributed by atoms with E-state index in [-0.39, 0.29) is 11.8 Å². The Morgan fingerprint density at radius 2 is 1.74 bits per heavy atom. The number of imidazole rings is 2. The van der Waals surface area contributed by atoms with Crippen LogP contribution in [0.2, 0.25) is 0 Å². The summed E-state index contributed by atoms with van der Waals surface area (Å²) in [5.74, 6) is 2.18. The number of carbonyl (C=O) groups excluding carboxylic acids is 2. The van der Waals surface area contributed by atoms with Crippen LogP contribution in [-0.4, -0.2) is 42.3 Å². The Morgan fingerprint density at radius 1 is 1.10 bits per heavy atom. The van der Waals surface area contributed by atoms with Crippen molar-refractivity contribution >= 4 is 29.1 Å². The van der Waals surface area contributed by atoms with Crippen molar-refractivity contribution in [3.8, 4) is 0 Å². The van der Waals surface area contributed by atoms with Crippen LogP contribution >= 0.6 is 0 Å². The third-order valence-corrected chi connectivity index (χ3v) is 4.11. The zero-order valence-electron chi connectivity index (χ0n) is 17.1. The maximum absolute atomic E-state index is 11.1. The van der Waals surface area contributed by atoms with Crippen LogP contribution in [0.3, 0.4) is 0 Å². The summed E-state index contributed by atoms with van der Waals surface area (Å²) in [6, 6.07) is 0. The second-order valence-corrected chi connectivity index (χ2v) is 6.62. The van der Waals surface area contributed by atoms with Gasteiger partial charge in [0.05, 0.1) is 18.9 Å². The van der Waals surface area contributed by atoms with Gasteiger partial charge in [0.2, 0.25) is 11.8 Å². The topological polar surface area (TPSA) is 152 Å². The standard InChI is InChI=1S/C9H14N4O.C9H10N4O.2O.Pt/c2*1-2-9(14)12-7-6-13-4-3-10-5-8(13)11-7;;;/h6,10H,2-5H2,1H3,(H,12,14);3-6H,2H2,1H3,(H,12,14);;;. The van der Waals surface area contributed by atoms with Gasteiger partial charge in [0, 0.05) is 44.5 Å². The quantitative estimate of drug-likeness (QED) is 0.398. The van der Waals surface area contributed by atoms with Crippen molar-refractivity contribution in [1.82, 2.24) is 29.2 Å². The van der Waals surface area contributed by atoms with Gasteiger partial charge >= 0.3 is 25.3 Å². The van der Waals surface area contributed by atoms with Crippen LogP contribution in [0.4, 0.5) is 11.6 Å².